The van der Waals surface area contributed by atoms with Gasteiger partial charge in [0.2, 0.25) is 5.95 Å². The van der Waals surface area contributed by atoms with Crippen molar-refractivity contribution in [2.24, 2.45) is 0 Å². The molecule has 0 atom stereocenters. The molecule has 0 saturated heterocycles. The summed E-state index contributed by atoms with van der Waals surface area (Å²) in [6.07, 6.45) is 4.14. The van der Waals surface area contributed by atoms with E-state index in [1.54, 1.807) is 12.4 Å². The Morgan fingerprint density at radius 1 is 1.44 bits per heavy atom. The molecule has 0 spiro atoms. The van der Waals surface area contributed by atoms with Crippen LogP contribution in [0.1, 0.15) is 24.7 Å². The minimum atomic E-state index is 0.147. The lowest BCUT2D eigenvalue weighted by Gasteiger charge is -2.07. The van der Waals surface area contributed by atoms with Crippen molar-refractivity contribution >= 4 is 23.4 Å². The highest BCUT2D eigenvalue weighted by Crippen LogP contribution is 2.35. The van der Waals surface area contributed by atoms with E-state index in [0.29, 0.717) is 23.6 Å². The molecule has 1 saturated carbocycles. The van der Waals surface area contributed by atoms with Crippen LogP contribution in [0, 0.1) is 0 Å². The summed E-state index contributed by atoms with van der Waals surface area (Å²) in [5.74, 6) is 1.61. The molecule has 0 radical (unpaired) electrons. The predicted molar refractivity (Wildman–Crippen MR) is 67.1 cm³/mol. The lowest BCUT2D eigenvalue weighted by molar-refractivity contribution is 0.689. The third-order valence-corrected chi connectivity index (χ3v) is 2.92. The normalized spacial score (nSPS) is 14.7. The second-order valence-electron chi connectivity index (χ2n) is 4.17. The number of anilines is 2. The molecule has 2 aromatic heterocycles. The number of nitrogen functional groups attached to an aromatic ring is 1. The lowest BCUT2D eigenvalue weighted by atomic mass is 10.5. The molecule has 0 amide bonds. The molecule has 0 aliphatic heterocycles. The number of hydrogen-bond donors (Lipinski definition) is 2. The number of nitrogens with two attached hydrogens (primary N) is 1. The van der Waals surface area contributed by atoms with Crippen LogP contribution in [-0.2, 0) is 6.54 Å². The Balaban J connectivity index is 1.71. The van der Waals surface area contributed by atoms with Crippen LogP contribution >= 0.6 is 11.6 Å². The van der Waals surface area contributed by atoms with Crippen LogP contribution in [0.2, 0.25) is 5.15 Å². The van der Waals surface area contributed by atoms with Gasteiger partial charge in [0.15, 0.2) is 5.82 Å². The molecule has 1 aliphatic carbocycles. The predicted octanol–water partition coefficient (Wildman–Crippen LogP) is 1.25. The van der Waals surface area contributed by atoms with Gasteiger partial charge in [0, 0.05) is 12.1 Å². The van der Waals surface area contributed by atoms with E-state index >= 15 is 0 Å². The maximum atomic E-state index is 5.80. The van der Waals surface area contributed by atoms with Crippen LogP contribution in [0.4, 0.5) is 11.8 Å². The van der Waals surface area contributed by atoms with Crippen molar-refractivity contribution in [3.05, 3.63) is 23.4 Å². The fourth-order valence-electron chi connectivity index (χ4n) is 1.75. The maximum Gasteiger partial charge on any atom is 0.223 e. The van der Waals surface area contributed by atoms with Crippen molar-refractivity contribution in [1.82, 2.24) is 24.7 Å². The smallest absolute Gasteiger partial charge is 0.223 e. The quantitative estimate of drug-likeness (QED) is 0.808. The first-order valence-electron chi connectivity index (χ1n) is 5.64. The minimum absolute atomic E-state index is 0.147. The molecule has 0 aromatic carbocycles. The third-order valence-electron chi connectivity index (χ3n) is 2.73. The molecule has 3 rings (SSSR count). The molecule has 1 fully saturated rings. The first-order chi connectivity index (χ1) is 8.72. The number of nitrogens with zero attached hydrogens (tertiary/aromatic N) is 5. The summed E-state index contributed by atoms with van der Waals surface area (Å²) < 4.78 is 2.08. The average Bonchev–Trinajstić information content (AvgIpc) is 3.05. The number of rotatable bonds is 4. The molecule has 7 nitrogen and oxygen atoms in total. The van der Waals surface area contributed by atoms with Gasteiger partial charge >= 0.3 is 0 Å². The molecule has 2 aromatic rings. The zero-order valence-corrected chi connectivity index (χ0v) is 10.3. The number of aromatic nitrogens is 5. The Labute approximate surface area is 108 Å². The van der Waals surface area contributed by atoms with E-state index in [1.807, 2.05) is 0 Å². The van der Waals surface area contributed by atoms with E-state index < -0.39 is 0 Å². The van der Waals surface area contributed by atoms with E-state index in [1.165, 1.54) is 12.8 Å². The van der Waals surface area contributed by atoms with Crippen molar-refractivity contribution in [3.8, 4) is 0 Å². The second-order valence-corrected chi connectivity index (χ2v) is 4.56. The van der Waals surface area contributed by atoms with Crippen LogP contribution in [0.3, 0.4) is 0 Å². The van der Waals surface area contributed by atoms with Crippen LogP contribution < -0.4 is 11.1 Å². The first kappa shape index (κ1) is 11.2. The van der Waals surface area contributed by atoms with Crippen molar-refractivity contribution in [2.45, 2.75) is 25.4 Å². The molecule has 3 N–H and O–H groups in total. The molecule has 0 bridgehead atoms. The molecule has 8 heteroatoms. The Hall–Kier alpha value is -1.89. The van der Waals surface area contributed by atoms with Gasteiger partial charge in [0.25, 0.3) is 0 Å². The number of nitrogens with one attached hydrogen (secondary N) is 1. The molecule has 94 valence electrons. The Morgan fingerprint density at radius 3 is 3.00 bits per heavy atom. The summed E-state index contributed by atoms with van der Waals surface area (Å²) in [6.45, 7) is 0.531. The number of halogens is 1. The summed E-state index contributed by atoms with van der Waals surface area (Å²) in [5.41, 5.74) is 5.52. The molecular formula is C10H12ClN7. The van der Waals surface area contributed by atoms with Crippen molar-refractivity contribution in [1.29, 1.82) is 0 Å². The molecular weight excluding hydrogens is 254 g/mol. The SMILES string of the molecule is Nc1nc(Cl)cc(NCc2nncn2C2CC2)n1. The monoisotopic (exact) mass is 265 g/mol. The van der Waals surface area contributed by atoms with Crippen LogP contribution in [0.25, 0.3) is 0 Å². The lowest BCUT2D eigenvalue weighted by Crippen LogP contribution is -2.09. The molecule has 0 unspecified atom stereocenters. The van der Waals surface area contributed by atoms with Gasteiger partial charge in [0.1, 0.15) is 17.3 Å². The number of hydrogen-bond acceptors (Lipinski definition) is 6. The van der Waals surface area contributed by atoms with Crippen LogP contribution in [0.5, 0.6) is 0 Å². The summed E-state index contributed by atoms with van der Waals surface area (Å²) >= 11 is 5.80. The summed E-state index contributed by atoms with van der Waals surface area (Å²) in [4.78, 5) is 7.83. The average molecular weight is 266 g/mol. The molecule has 18 heavy (non-hydrogen) atoms. The van der Waals surface area contributed by atoms with Gasteiger partial charge in [0.05, 0.1) is 6.54 Å². The van der Waals surface area contributed by atoms with Gasteiger partial charge in [-0.15, -0.1) is 10.2 Å². The summed E-state index contributed by atoms with van der Waals surface area (Å²) in [6, 6.07) is 2.17. The minimum Gasteiger partial charge on any atom is -0.368 e. The fraction of sp³-hybridized carbons (Fsp3) is 0.400. The van der Waals surface area contributed by atoms with Gasteiger partial charge in [-0.05, 0) is 12.8 Å². The van der Waals surface area contributed by atoms with Gasteiger partial charge < -0.3 is 15.6 Å². The van der Waals surface area contributed by atoms with E-state index in [4.69, 9.17) is 17.3 Å². The Bertz CT molecular complexity index is 543. The van der Waals surface area contributed by atoms with E-state index in [-0.39, 0.29) is 5.95 Å². The first-order valence-corrected chi connectivity index (χ1v) is 6.02. The van der Waals surface area contributed by atoms with E-state index in [0.717, 1.165) is 5.82 Å². The van der Waals surface area contributed by atoms with Gasteiger partial charge in [-0.25, -0.2) is 4.98 Å². The Kier molecular flexibility index (Phi) is 2.75. The molecule has 2 heterocycles. The van der Waals surface area contributed by atoms with Gasteiger partial charge in [-0.1, -0.05) is 11.6 Å². The summed E-state index contributed by atoms with van der Waals surface area (Å²) in [5, 5.41) is 11.4. The van der Waals surface area contributed by atoms with Crippen LogP contribution in [0.15, 0.2) is 12.4 Å². The van der Waals surface area contributed by atoms with E-state index in [2.05, 4.69) is 30.0 Å². The highest BCUT2D eigenvalue weighted by atomic mass is 35.5. The van der Waals surface area contributed by atoms with Crippen molar-refractivity contribution in [2.75, 3.05) is 11.1 Å². The molecule has 1 aliphatic rings. The van der Waals surface area contributed by atoms with Gasteiger partial charge in [-0.3, -0.25) is 0 Å². The van der Waals surface area contributed by atoms with Gasteiger partial charge in [-0.2, -0.15) is 4.98 Å². The maximum absolute atomic E-state index is 5.80. The van der Waals surface area contributed by atoms with Crippen molar-refractivity contribution < 1.29 is 0 Å². The van der Waals surface area contributed by atoms with E-state index in [9.17, 15) is 0 Å². The fourth-order valence-corrected chi connectivity index (χ4v) is 1.94. The topological polar surface area (TPSA) is 94.5 Å². The highest BCUT2D eigenvalue weighted by Gasteiger charge is 2.25. The zero-order valence-electron chi connectivity index (χ0n) is 9.54. The largest absolute Gasteiger partial charge is 0.368 e. The van der Waals surface area contributed by atoms with Crippen molar-refractivity contribution in [3.63, 3.8) is 0 Å². The van der Waals surface area contributed by atoms with Crippen LogP contribution in [-0.4, -0.2) is 24.7 Å². The second kappa shape index (κ2) is 4.41. The Morgan fingerprint density at radius 2 is 2.28 bits per heavy atom. The highest BCUT2D eigenvalue weighted by molar-refractivity contribution is 6.29. The zero-order chi connectivity index (χ0) is 12.5. The standard InChI is InChI=1S/C10H12ClN7/c11-7-3-8(16-10(12)15-7)13-4-9-17-14-5-18(9)6-1-2-6/h3,5-6H,1-2,4H2,(H3,12,13,15,16). The summed E-state index contributed by atoms with van der Waals surface area (Å²) in [7, 11) is 0. The third kappa shape index (κ3) is 2.35.